The Bertz CT molecular complexity index is 762. The summed E-state index contributed by atoms with van der Waals surface area (Å²) in [5, 5.41) is 13.0. The number of benzene rings is 2. The van der Waals surface area contributed by atoms with E-state index in [1.54, 1.807) is 6.07 Å². The summed E-state index contributed by atoms with van der Waals surface area (Å²) in [4.78, 5) is 12.5. The van der Waals surface area contributed by atoms with E-state index in [1.165, 1.54) is 0 Å². The number of anilines is 1. The number of carbonyl (C=O) groups is 1. The van der Waals surface area contributed by atoms with Crippen molar-refractivity contribution in [3.05, 3.63) is 53.6 Å². The lowest BCUT2D eigenvalue weighted by atomic mass is 9.86. The number of rotatable bonds is 2. The van der Waals surface area contributed by atoms with Crippen molar-refractivity contribution in [1.29, 1.82) is 0 Å². The molecule has 126 valence electrons. The van der Waals surface area contributed by atoms with E-state index < -0.39 is 6.10 Å². The first-order chi connectivity index (χ1) is 11.3. The smallest absolute Gasteiger partial charge is 0.265 e. The number of hydrogen-bond acceptors (Lipinski definition) is 3. The van der Waals surface area contributed by atoms with Gasteiger partial charge in [0.05, 0.1) is 0 Å². The van der Waals surface area contributed by atoms with Gasteiger partial charge in [-0.2, -0.15) is 0 Å². The van der Waals surface area contributed by atoms with E-state index in [1.807, 2.05) is 57.2 Å². The Balaban J connectivity index is 1.71. The Labute approximate surface area is 142 Å². The molecule has 4 nitrogen and oxygen atoms in total. The molecule has 0 saturated carbocycles. The summed E-state index contributed by atoms with van der Waals surface area (Å²) in [5.74, 6) is 0.775. The predicted octanol–water partition coefficient (Wildman–Crippen LogP) is 4.02. The number of para-hydroxylation sites is 1. The number of amides is 1. The van der Waals surface area contributed by atoms with Gasteiger partial charge in [0.1, 0.15) is 11.5 Å². The molecule has 1 heterocycles. The molecule has 2 aromatic rings. The fourth-order valence-corrected chi connectivity index (χ4v) is 2.98. The second-order valence-electron chi connectivity index (χ2n) is 7.22. The molecule has 0 bridgehead atoms. The lowest BCUT2D eigenvalue weighted by Gasteiger charge is -2.25. The molecule has 0 aromatic heterocycles. The number of phenolic OH excluding ortho intramolecular Hbond substituents is 1. The first-order valence-electron chi connectivity index (χ1n) is 8.23. The van der Waals surface area contributed by atoms with E-state index in [-0.39, 0.29) is 17.1 Å². The predicted molar refractivity (Wildman–Crippen MR) is 94.6 cm³/mol. The summed E-state index contributed by atoms with van der Waals surface area (Å²) in [6, 6.07) is 13.0. The molecule has 24 heavy (non-hydrogen) atoms. The molecular weight excluding hydrogens is 302 g/mol. The Morgan fingerprint density at radius 3 is 2.67 bits per heavy atom. The van der Waals surface area contributed by atoms with Crippen LogP contribution >= 0.6 is 0 Å². The summed E-state index contributed by atoms with van der Waals surface area (Å²) in [5.41, 5.74) is 2.41. The first-order valence-corrected chi connectivity index (χ1v) is 8.23. The molecule has 2 N–H and O–H groups in total. The van der Waals surface area contributed by atoms with Crippen LogP contribution in [0.3, 0.4) is 0 Å². The highest BCUT2D eigenvalue weighted by atomic mass is 16.5. The van der Waals surface area contributed by atoms with Gasteiger partial charge >= 0.3 is 0 Å². The maximum Gasteiger partial charge on any atom is 0.265 e. The Kier molecular flexibility index (Phi) is 4.22. The van der Waals surface area contributed by atoms with Crippen LogP contribution in [0.15, 0.2) is 42.5 Å². The van der Waals surface area contributed by atoms with Crippen LogP contribution in [0.25, 0.3) is 0 Å². The fraction of sp³-hybridized carbons (Fsp3) is 0.350. The molecule has 0 fully saturated rings. The van der Waals surface area contributed by atoms with Crippen LogP contribution in [0.2, 0.25) is 0 Å². The SMILES string of the molecule is CC(C)(C)c1ccc(NC(=O)C2CCc3ccccc3O2)cc1O. The third-order valence-electron chi connectivity index (χ3n) is 4.28. The number of aromatic hydroxyl groups is 1. The first kappa shape index (κ1) is 16.4. The van der Waals surface area contributed by atoms with Crippen molar-refractivity contribution in [1.82, 2.24) is 0 Å². The average molecular weight is 325 g/mol. The third kappa shape index (κ3) is 3.37. The number of carbonyl (C=O) groups excluding carboxylic acids is 1. The maximum absolute atomic E-state index is 12.5. The van der Waals surface area contributed by atoms with E-state index in [2.05, 4.69) is 5.32 Å². The Morgan fingerprint density at radius 2 is 1.96 bits per heavy atom. The van der Waals surface area contributed by atoms with Crippen LogP contribution in [-0.4, -0.2) is 17.1 Å². The quantitative estimate of drug-likeness (QED) is 0.876. The van der Waals surface area contributed by atoms with Crippen LogP contribution in [-0.2, 0) is 16.6 Å². The van der Waals surface area contributed by atoms with Gasteiger partial charge in [0.2, 0.25) is 0 Å². The van der Waals surface area contributed by atoms with E-state index in [9.17, 15) is 9.90 Å². The zero-order valence-corrected chi connectivity index (χ0v) is 14.3. The topological polar surface area (TPSA) is 58.6 Å². The summed E-state index contributed by atoms with van der Waals surface area (Å²) in [7, 11) is 0. The largest absolute Gasteiger partial charge is 0.508 e. The molecule has 1 atom stereocenters. The molecule has 1 aliphatic heterocycles. The number of phenols is 1. The van der Waals surface area contributed by atoms with Crippen molar-refractivity contribution < 1.29 is 14.6 Å². The molecule has 3 rings (SSSR count). The lowest BCUT2D eigenvalue weighted by Crippen LogP contribution is -2.35. The normalized spacial score (nSPS) is 16.9. The van der Waals surface area contributed by atoms with Crippen LogP contribution in [0, 0.1) is 0 Å². The number of fused-ring (bicyclic) bond motifs is 1. The van der Waals surface area contributed by atoms with Crippen LogP contribution < -0.4 is 10.1 Å². The van der Waals surface area contributed by atoms with Crippen molar-refractivity contribution in [3.8, 4) is 11.5 Å². The van der Waals surface area contributed by atoms with Gasteiger partial charge in [-0.05, 0) is 41.5 Å². The van der Waals surface area contributed by atoms with Crippen molar-refractivity contribution in [3.63, 3.8) is 0 Å². The average Bonchev–Trinajstić information content (AvgIpc) is 2.53. The zero-order valence-electron chi connectivity index (χ0n) is 14.3. The molecular formula is C20H23NO3. The monoisotopic (exact) mass is 325 g/mol. The van der Waals surface area contributed by atoms with Crippen LogP contribution in [0.5, 0.6) is 11.5 Å². The second kappa shape index (κ2) is 6.19. The van der Waals surface area contributed by atoms with Gasteiger partial charge in [-0.15, -0.1) is 0 Å². The second-order valence-corrected chi connectivity index (χ2v) is 7.22. The van der Waals surface area contributed by atoms with E-state index in [0.717, 1.165) is 23.3 Å². The van der Waals surface area contributed by atoms with Gasteiger partial charge in [-0.25, -0.2) is 0 Å². The molecule has 4 heteroatoms. The Hall–Kier alpha value is -2.49. The molecule has 0 aliphatic carbocycles. The molecule has 0 saturated heterocycles. The van der Waals surface area contributed by atoms with Crippen molar-refractivity contribution in [2.45, 2.75) is 45.1 Å². The van der Waals surface area contributed by atoms with E-state index in [0.29, 0.717) is 12.1 Å². The van der Waals surface area contributed by atoms with Gasteiger partial charge in [0.25, 0.3) is 5.91 Å². The van der Waals surface area contributed by atoms with Gasteiger partial charge < -0.3 is 15.2 Å². The van der Waals surface area contributed by atoms with Crippen molar-refractivity contribution in [2.24, 2.45) is 0 Å². The van der Waals surface area contributed by atoms with Crippen molar-refractivity contribution in [2.75, 3.05) is 5.32 Å². The van der Waals surface area contributed by atoms with Gasteiger partial charge in [-0.3, -0.25) is 4.79 Å². The molecule has 1 amide bonds. The molecule has 0 radical (unpaired) electrons. The number of nitrogens with one attached hydrogen (secondary N) is 1. The number of ether oxygens (including phenoxy) is 1. The minimum Gasteiger partial charge on any atom is -0.508 e. The Morgan fingerprint density at radius 1 is 1.21 bits per heavy atom. The number of hydrogen-bond donors (Lipinski definition) is 2. The van der Waals surface area contributed by atoms with Crippen molar-refractivity contribution >= 4 is 11.6 Å². The minimum atomic E-state index is -0.510. The summed E-state index contributed by atoms with van der Waals surface area (Å²) >= 11 is 0. The highest BCUT2D eigenvalue weighted by molar-refractivity contribution is 5.94. The third-order valence-corrected chi connectivity index (χ3v) is 4.28. The number of aryl methyl sites for hydroxylation is 1. The fourth-order valence-electron chi connectivity index (χ4n) is 2.98. The van der Waals surface area contributed by atoms with Crippen LogP contribution in [0.1, 0.15) is 38.3 Å². The van der Waals surface area contributed by atoms with Gasteiger partial charge in [0, 0.05) is 11.8 Å². The summed E-state index contributed by atoms with van der Waals surface area (Å²) in [6.07, 6.45) is 0.960. The molecule has 1 unspecified atom stereocenters. The molecule has 2 aromatic carbocycles. The van der Waals surface area contributed by atoms with Gasteiger partial charge in [0.15, 0.2) is 6.10 Å². The van der Waals surface area contributed by atoms with Gasteiger partial charge in [-0.1, -0.05) is 45.0 Å². The summed E-state index contributed by atoms with van der Waals surface area (Å²) < 4.78 is 5.80. The highest BCUT2D eigenvalue weighted by Crippen LogP contribution is 2.33. The minimum absolute atomic E-state index is 0.150. The molecule has 1 aliphatic rings. The molecule has 0 spiro atoms. The van der Waals surface area contributed by atoms with Crippen LogP contribution in [0.4, 0.5) is 5.69 Å². The maximum atomic E-state index is 12.5. The summed E-state index contributed by atoms with van der Waals surface area (Å²) in [6.45, 7) is 6.11. The standard InChI is InChI=1S/C20H23NO3/c1-20(2,3)15-10-9-14(12-16(15)22)21-19(23)18-11-8-13-6-4-5-7-17(13)24-18/h4-7,9-10,12,18,22H,8,11H2,1-3H3,(H,21,23). The van der Waals surface area contributed by atoms with E-state index in [4.69, 9.17) is 4.74 Å². The zero-order chi connectivity index (χ0) is 17.3. The lowest BCUT2D eigenvalue weighted by molar-refractivity contribution is -0.123. The highest BCUT2D eigenvalue weighted by Gasteiger charge is 2.26. The van der Waals surface area contributed by atoms with E-state index >= 15 is 0 Å².